The monoisotopic (exact) mass is 380 g/mol. The van der Waals surface area contributed by atoms with Crippen LogP contribution in [0.5, 0.6) is 0 Å². The number of rotatable bonds is 3. The molecule has 0 unspecified atom stereocenters. The average molecular weight is 381 g/mol. The second-order valence-electron chi connectivity index (χ2n) is 5.59. The van der Waals surface area contributed by atoms with E-state index in [-0.39, 0.29) is 0 Å². The lowest BCUT2D eigenvalue weighted by molar-refractivity contribution is 0.976. The molecule has 1 aromatic heterocycles. The van der Waals surface area contributed by atoms with Gasteiger partial charge in [-0.3, -0.25) is 0 Å². The van der Waals surface area contributed by atoms with Crippen molar-refractivity contribution < 1.29 is 0 Å². The highest BCUT2D eigenvalue weighted by molar-refractivity contribution is 9.10. The average Bonchev–Trinajstić information content (AvgIpc) is 2.57. The smallest absolute Gasteiger partial charge is 0.127 e. The van der Waals surface area contributed by atoms with Gasteiger partial charge in [0, 0.05) is 52.8 Å². The molecule has 1 aliphatic rings. The zero-order valence-corrected chi connectivity index (χ0v) is 15.3. The number of halogens is 1. The molecule has 3 N–H and O–H groups in total. The van der Waals surface area contributed by atoms with E-state index in [1.54, 1.807) is 0 Å². The molecule has 120 valence electrons. The van der Waals surface area contributed by atoms with Gasteiger partial charge in [-0.2, -0.15) is 0 Å². The Kier molecular flexibility index (Phi) is 4.41. The van der Waals surface area contributed by atoms with Crippen LogP contribution < -0.4 is 21.4 Å². The second kappa shape index (κ2) is 6.36. The topological polar surface area (TPSA) is 54.2 Å². The van der Waals surface area contributed by atoms with E-state index in [4.69, 9.17) is 13.6 Å². The molecule has 0 saturated heterocycles. The first kappa shape index (κ1) is 16.6. The van der Waals surface area contributed by atoms with Crippen molar-refractivity contribution >= 4 is 58.1 Å². The first-order chi connectivity index (χ1) is 11.5. The molecule has 1 aromatic carbocycles. The minimum atomic E-state index is 0.555. The number of nitrogen functional groups attached to an aromatic ring is 1. The largest absolute Gasteiger partial charge is 0.399 e. The van der Waals surface area contributed by atoms with Crippen molar-refractivity contribution in [2.24, 2.45) is 0 Å². The third-order valence-corrected chi connectivity index (χ3v) is 4.83. The molecule has 2 radical (unpaired) electrons. The van der Waals surface area contributed by atoms with Crippen molar-refractivity contribution in [3.63, 3.8) is 0 Å². The molecule has 6 heteroatoms. The maximum atomic E-state index is 6.00. The number of allylic oxidation sites excluding steroid dienone is 1. The Morgan fingerprint density at radius 3 is 2.79 bits per heavy atom. The predicted octanol–water partition coefficient (Wildman–Crippen LogP) is 3.16. The standard InChI is InChI=1S/C18H18BBrN4/c1-4-24-10(2)12(13-6-16(21)14(19)7-15(13)20)5-11-9-23-18(22-3)8-17(11)24/h5-9H,2,4,21H2,1,3H3,(H,22,23). The molecule has 4 nitrogen and oxygen atoms in total. The minimum absolute atomic E-state index is 0.555. The number of nitrogens with two attached hydrogens (primary N) is 1. The van der Waals surface area contributed by atoms with Crippen molar-refractivity contribution in [2.45, 2.75) is 6.92 Å². The Balaban J connectivity index is 2.20. The van der Waals surface area contributed by atoms with Gasteiger partial charge in [-0.05, 0) is 24.6 Å². The van der Waals surface area contributed by atoms with Crippen LogP contribution in [0.2, 0.25) is 0 Å². The van der Waals surface area contributed by atoms with Gasteiger partial charge in [0.05, 0.1) is 5.69 Å². The fraction of sp³-hybridized carbons (Fsp3) is 0.167. The van der Waals surface area contributed by atoms with Crippen molar-refractivity contribution in [1.29, 1.82) is 0 Å². The molecule has 3 rings (SSSR count). The number of fused-ring (bicyclic) bond motifs is 1. The lowest BCUT2D eigenvalue weighted by atomic mass is 9.89. The quantitative estimate of drug-likeness (QED) is 0.634. The highest BCUT2D eigenvalue weighted by Crippen LogP contribution is 2.41. The number of nitrogens with zero attached hydrogens (tertiary/aromatic N) is 2. The molecule has 0 amide bonds. The summed E-state index contributed by atoms with van der Waals surface area (Å²) in [6, 6.07) is 5.74. The van der Waals surface area contributed by atoms with E-state index in [1.807, 2.05) is 31.4 Å². The Bertz CT molecular complexity index is 860. The van der Waals surface area contributed by atoms with E-state index in [1.165, 1.54) is 0 Å². The maximum Gasteiger partial charge on any atom is 0.127 e. The fourth-order valence-electron chi connectivity index (χ4n) is 2.87. The summed E-state index contributed by atoms with van der Waals surface area (Å²) in [7, 11) is 7.75. The summed E-state index contributed by atoms with van der Waals surface area (Å²) in [6.45, 7) is 7.20. The van der Waals surface area contributed by atoms with Crippen LogP contribution >= 0.6 is 15.9 Å². The normalized spacial score (nSPS) is 13.5. The molecule has 0 aliphatic carbocycles. The van der Waals surface area contributed by atoms with E-state index in [0.717, 1.165) is 44.9 Å². The molecule has 0 bridgehead atoms. The highest BCUT2D eigenvalue weighted by Gasteiger charge is 2.24. The SMILES string of the molecule is [B]c1cc(Br)c(C2=Cc3cnc(NC)cc3N(CC)C2=C)cc1N. The van der Waals surface area contributed by atoms with Gasteiger partial charge < -0.3 is 16.0 Å². The molecular formula is C18H18BBrN4. The Morgan fingerprint density at radius 2 is 2.12 bits per heavy atom. The van der Waals surface area contributed by atoms with Crippen LogP contribution in [-0.2, 0) is 0 Å². The molecule has 0 atom stereocenters. The molecule has 0 spiro atoms. The molecule has 24 heavy (non-hydrogen) atoms. The third kappa shape index (κ3) is 2.71. The van der Waals surface area contributed by atoms with Crippen LogP contribution in [0.25, 0.3) is 11.6 Å². The van der Waals surface area contributed by atoms with Crippen molar-refractivity contribution in [1.82, 2.24) is 4.98 Å². The van der Waals surface area contributed by atoms with Crippen LogP contribution in [0.3, 0.4) is 0 Å². The summed E-state index contributed by atoms with van der Waals surface area (Å²) in [5.41, 5.74) is 12.1. The number of benzene rings is 1. The molecule has 0 fully saturated rings. The Hall–Kier alpha value is -2.21. The van der Waals surface area contributed by atoms with Gasteiger partial charge in [-0.15, -0.1) is 0 Å². The number of hydrogen-bond donors (Lipinski definition) is 2. The van der Waals surface area contributed by atoms with Gasteiger partial charge in [-0.1, -0.05) is 34.0 Å². The summed E-state index contributed by atoms with van der Waals surface area (Å²) in [5, 5.41) is 3.08. The molecular weight excluding hydrogens is 363 g/mol. The van der Waals surface area contributed by atoms with Gasteiger partial charge >= 0.3 is 0 Å². The summed E-state index contributed by atoms with van der Waals surface area (Å²) >= 11 is 3.59. The summed E-state index contributed by atoms with van der Waals surface area (Å²) in [5.74, 6) is 0.828. The van der Waals surface area contributed by atoms with Crippen molar-refractivity contribution in [3.05, 3.63) is 52.3 Å². The zero-order valence-electron chi connectivity index (χ0n) is 13.7. The minimum Gasteiger partial charge on any atom is -0.399 e. The molecule has 2 aromatic rings. The lowest BCUT2D eigenvalue weighted by Crippen LogP contribution is -2.26. The van der Waals surface area contributed by atoms with Gasteiger partial charge in [0.15, 0.2) is 0 Å². The summed E-state index contributed by atoms with van der Waals surface area (Å²) < 4.78 is 0.890. The lowest BCUT2D eigenvalue weighted by Gasteiger charge is -2.33. The van der Waals surface area contributed by atoms with Crippen molar-refractivity contribution in [3.8, 4) is 0 Å². The highest BCUT2D eigenvalue weighted by atomic mass is 79.9. The molecule has 2 heterocycles. The predicted molar refractivity (Wildman–Crippen MR) is 108 cm³/mol. The maximum absolute atomic E-state index is 6.00. The van der Waals surface area contributed by atoms with Crippen LogP contribution in [0, 0.1) is 0 Å². The number of anilines is 3. The van der Waals surface area contributed by atoms with E-state index >= 15 is 0 Å². The van der Waals surface area contributed by atoms with E-state index in [2.05, 4.69) is 50.7 Å². The van der Waals surface area contributed by atoms with Gasteiger partial charge in [0.2, 0.25) is 0 Å². The van der Waals surface area contributed by atoms with Crippen LogP contribution in [0.4, 0.5) is 17.2 Å². The first-order valence-corrected chi connectivity index (χ1v) is 8.46. The number of nitrogens with one attached hydrogen (secondary N) is 1. The molecule has 1 aliphatic heterocycles. The first-order valence-electron chi connectivity index (χ1n) is 7.67. The van der Waals surface area contributed by atoms with Gasteiger partial charge in [0.1, 0.15) is 13.7 Å². The summed E-state index contributed by atoms with van der Waals surface area (Å²) in [6.07, 6.45) is 3.96. The number of likely N-dealkylation sites (N-methyl/N-ethyl adjacent to an activating group) is 1. The van der Waals surface area contributed by atoms with Gasteiger partial charge in [-0.25, -0.2) is 4.98 Å². The Morgan fingerprint density at radius 1 is 1.38 bits per heavy atom. The third-order valence-electron chi connectivity index (χ3n) is 4.17. The second-order valence-corrected chi connectivity index (χ2v) is 6.44. The zero-order chi connectivity index (χ0) is 17.4. The van der Waals surface area contributed by atoms with E-state index < -0.39 is 0 Å². The summed E-state index contributed by atoms with van der Waals surface area (Å²) in [4.78, 5) is 6.59. The van der Waals surface area contributed by atoms with Crippen LogP contribution in [0.15, 0.2) is 41.1 Å². The fourth-order valence-corrected chi connectivity index (χ4v) is 3.45. The van der Waals surface area contributed by atoms with Gasteiger partial charge in [0.25, 0.3) is 0 Å². The van der Waals surface area contributed by atoms with E-state index in [9.17, 15) is 0 Å². The van der Waals surface area contributed by atoms with E-state index in [0.29, 0.717) is 11.2 Å². The van der Waals surface area contributed by atoms with Crippen molar-refractivity contribution in [2.75, 3.05) is 29.5 Å². The van der Waals surface area contributed by atoms with Crippen LogP contribution in [0.1, 0.15) is 18.1 Å². The number of aromatic nitrogens is 1. The number of pyridine rings is 1. The van der Waals surface area contributed by atoms with Crippen LogP contribution in [-0.4, -0.2) is 26.4 Å². The Labute approximate surface area is 152 Å². The number of hydrogen-bond acceptors (Lipinski definition) is 4. The molecule has 0 saturated carbocycles.